The fourth-order valence-electron chi connectivity index (χ4n) is 2.62. The molecule has 0 aliphatic heterocycles. The van der Waals surface area contributed by atoms with Crippen molar-refractivity contribution in [2.24, 2.45) is 0 Å². The minimum atomic E-state index is 0.361. The van der Waals surface area contributed by atoms with E-state index in [0.717, 1.165) is 30.9 Å². The van der Waals surface area contributed by atoms with E-state index in [1.807, 2.05) is 0 Å². The fraction of sp³-hybridized carbons (Fsp3) is 0.353. The molecule has 2 aromatic heterocycles. The molecule has 3 rings (SSSR count). The Morgan fingerprint density at radius 1 is 1.24 bits per heavy atom. The van der Waals surface area contributed by atoms with Gasteiger partial charge < -0.3 is 9.88 Å². The lowest BCUT2D eigenvalue weighted by Gasteiger charge is -2.13. The molecular formula is C17H21N3S. The quantitative estimate of drug-likeness (QED) is 0.733. The number of rotatable bonds is 6. The molecule has 4 heteroatoms. The van der Waals surface area contributed by atoms with Gasteiger partial charge in [-0.25, -0.2) is 4.98 Å². The van der Waals surface area contributed by atoms with Crippen LogP contribution in [0.2, 0.25) is 0 Å². The summed E-state index contributed by atoms with van der Waals surface area (Å²) in [7, 11) is 0. The summed E-state index contributed by atoms with van der Waals surface area (Å²) in [5.74, 6) is 1.13. The SMILES string of the molecule is CCCn1c(CN[C@H](C)c2cccs2)nc2ccccc21. The van der Waals surface area contributed by atoms with Crippen molar-refractivity contribution < 1.29 is 0 Å². The number of imidazole rings is 1. The van der Waals surface area contributed by atoms with E-state index < -0.39 is 0 Å². The Balaban J connectivity index is 1.81. The van der Waals surface area contributed by atoms with Crippen LogP contribution >= 0.6 is 11.3 Å². The van der Waals surface area contributed by atoms with E-state index in [9.17, 15) is 0 Å². The maximum absolute atomic E-state index is 4.79. The van der Waals surface area contributed by atoms with Gasteiger partial charge in [0.05, 0.1) is 17.6 Å². The Labute approximate surface area is 129 Å². The monoisotopic (exact) mass is 299 g/mol. The second-order valence-corrected chi connectivity index (χ2v) is 6.27. The Bertz CT molecular complexity index is 700. The molecule has 0 spiro atoms. The topological polar surface area (TPSA) is 29.9 Å². The smallest absolute Gasteiger partial charge is 0.123 e. The summed E-state index contributed by atoms with van der Waals surface area (Å²) in [6, 6.07) is 13.0. The van der Waals surface area contributed by atoms with Crippen molar-refractivity contribution in [3.05, 3.63) is 52.5 Å². The van der Waals surface area contributed by atoms with Crippen LogP contribution in [0.4, 0.5) is 0 Å². The van der Waals surface area contributed by atoms with Crippen LogP contribution in [0.25, 0.3) is 11.0 Å². The van der Waals surface area contributed by atoms with Gasteiger partial charge in [0.1, 0.15) is 5.82 Å². The summed E-state index contributed by atoms with van der Waals surface area (Å²) < 4.78 is 2.34. The Morgan fingerprint density at radius 3 is 2.86 bits per heavy atom. The third-order valence-electron chi connectivity index (χ3n) is 3.72. The number of aromatic nitrogens is 2. The molecule has 1 aromatic carbocycles. The highest BCUT2D eigenvalue weighted by Crippen LogP contribution is 2.20. The number of hydrogen-bond acceptors (Lipinski definition) is 3. The lowest BCUT2D eigenvalue weighted by molar-refractivity contribution is 0.541. The Morgan fingerprint density at radius 2 is 2.10 bits per heavy atom. The molecule has 110 valence electrons. The summed E-state index contributed by atoms with van der Waals surface area (Å²) in [6.07, 6.45) is 1.12. The predicted octanol–water partition coefficient (Wildman–Crippen LogP) is 4.36. The van der Waals surface area contributed by atoms with Gasteiger partial charge in [-0.1, -0.05) is 25.1 Å². The van der Waals surface area contributed by atoms with Crippen LogP contribution in [-0.4, -0.2) is 9.55 Å². The maximum Gasteiger partial charge on any atom is 0.123 e. The van der Waals surface area contributed by atoms with Gasteiger partial charge in [-0.2, -0.15) is 0 Å². The van der Waals surface area contributed by atoms with Crippen LogP contribution in [0.3, 0.4) is 0 Å². The van der Waals surface area contributed by atoms with Gasteiger partial charge in [-0.05, 0) is 36.9 Å². The molecule has 2 heterocycles. The Kier molecular flexibility index (Phi) is 4.36. The number of nitrogens with one attached hydrogen (secondary N) is 1. The second-order valence-electron chi connectivity index (χ2n) is 5.29. The highest BCUT2D eigenvalue weighted by Gasteiger charge is 2.11. The summed E-state index contributed by atoms with van der Waals surface area (Å²) in [6.45, 7) is 6.23. The first-order chi connectivity index (χ1) is 10.3. The number of nitrogens with zero attached hydrogens (tertiary/aromatic N) is 2. The van der Waals surface area contributed by atoms with E-state index >= 15 is 0 Å². The van der Waals surface area contributed by atoms with E-state index in [-0.39, 0.29) is 0 Å². The fourth-order valence-corrected chi connectivity index (χ4v) is 3.37. The van der Waals surface area contributed by atoms with Crippen LogP contribution in [0.1, 0.15) is 37.0 Å². The van der Waals surface area contributed by atoms with Gasteiger partial charge in [-0.3, -0.25) is 0 Å². The normalized spacial score (nSPS) is 12.9. The van der Waals surface area contributed by atoms with Crippen molar-refractivity contribution in [3.8, 4) is 0 Å². The first-order valence-electron chi connectivity index (χ1n) is 7.50. The van der Waals surface area contributed by atoms with Crippen LogP contribution in [0.5, 0.6) is 0 Å². The summed E-state index contributed by atoms with van der Waals surface area (Å²) in [5.41, 5.74) is 2.33. The largest absolute Gasteiger partial charge is 0.327 e. The maximum atomic E-state index is 4.79. The molecule has 0 amide bonds. The molecule has 3 nitrogen and oxygen atoms in total. The number of aryl methyl sites for hydroxylation is 1. The van der Waals surface area contributed by atoms with Crippen molar-refractivity contribution in [3.63, 3.8) is 0 Å². The zero-order valence-corrected chi connectivity index (χ0v) is 13.4. The Hall–Kier alpha value is -1.65. The average Bonchev–Trinajstić information content (AvgIpc) is 3.14. The molecule has 0 radical (unpaired) electrons. The molecule has 0 aliphatic carbocycles. The highest BCUT2D eigenvalue weighted by molar-refractivity contribution is 7.10. The summed E-state index contributed by atoms with van der Waals surface area (Å²) >= 11 is 1.80. The molecule has 0 unspecified atom stereocenters. The second kappa shape index (κ2) is 6.41. The van der Waals surface area contributed by atoms with Gasteiger partial charge in [0.15, 0.2) is 0 Å². The summed E-state index contributed by atoms with van der Waals surface area (Å²) in [5, 5.41) is 5.71. The lowest BCUT2D eigenvalue weighted by Crippen LogP contribution is -2.20. The molecule has 0 fully saturated rings. The van der Waals surface area contributed by atoms with E-state index in [0.29, 0.717) is 6.04 Å². The molecule has 1 atom stereocenters. The molecule has 0 bridgehead atoms. The molecule has 0 saturated carbocycles. The molecule has 1 N–H and O–H groups in total. The third kappa shape index (κ3) is 3.01. The number of hydrogen-bond donors (Lipinski definition) is 1. The van der Waals surface area contributed by atoms with Crippen LogP contribution < -0.4 is 5.32 Å². The zero-order chi connectivity index (χ0) is 14.7. The number of thiophene rings is 1. The standard InChI is InChI=1S/C17H21N3S/c1-3-10-20-15-8-5-4-7-14(15)19-17(20)12-18-13(2)16-9-6-11-21-16/h4-9,11,13,18H,3,10,12H2,1-2H3/t13-/m1/s1. The van der Waals surface area contributed by atoms with E-state index in [1.54, 1.807) is 11.3 Å². The molecular weight excluding hydrogens is 278 g/mol. The summed E-state index contributed by atoms with van der Waals surface area (Å²) in [4.78, 5) is 6.16. The van der Waals surface area contributed by atoms with Gasteiger partial charge in [0, 0.05) is 17.5 Å². The lowest BCUT2D eigenvalue weighted by atomic mass is 10.3. The highest BCUT2D eigenvalue weighted by atomic mass is 32.1. The number of fused-ring (bicyclic) bond motifs is 1. The van der Waals surface area contributed by atoms with Crippen LogP contribution in [-0.2, 0) is 13.1 Å². The molecule has 0 saturated heterocycles. The van der Waals surface area contributed by atoms with Crippen molar-refractivity contribution in [2.75, 3.05) is 0 Å². The number of benzene rings is 1. The first-order valence-corrected chi connectivity index (χ1v) is 8.38. The van der Waals surface area contributed by atoms with E-state index in [4.69, 9.17) is 4.98 Å². The molecule has 3 aromatic rings. The van der Waals surface area contributed by atoms with Crippen LogP contribution in [0, 0.1) is 0 Å². The minimum absolute atomic E-state index is 0.361. The first kappa shape index (κ1) is 14.3. The van der Waals surface area contributed by atoms with Gasteiger partial charge in [0.25, 0.3) is 0 Å². The van der Waals surface area contributed by atoms with Gasteiger partial charge in [0.2, 0.25) is 0 Å². The van der Waals surface area contributed by atoms with E-state index in [2.05, 4.69) is 65.5 Å². The molecule has 21 heavy (non-hydrogen) atoms. The predicted molar refractivity (Wildman–Crippen MR) is 89.6 cm³/mol. The van der Waals surface area contributed by atoms with Gasteiger partial charge in [-0.15, -0.1) is 11.3 Å². The third-order valence-corrected chi connectivity index (χ3v) is 4.77. The van der Waals surface area contributed by atoms with Crippen molar-refractivity contribution in [1.29, 1.82) is 0 Å². The van der Waals surface area contributed by atoms with Crippen molar-refractivity contribution >= 4 is 22.4 Å². The zero-order valence-electron chi connectivity index (χ0n) is 12.5. The number of para-hydroxylation sites is 2. The van der Waals surface area contributed by atoms with Crippen molar-refractivity contribution in [2.45, 2.75) is 39.4 Å². The average molecular weight is 299 g/mol. The van der Waals surface area contributed by atoms with Crippen LogP contribution in [0.15, 0.2) is 41.8 Å². The van der Waals surface area contributed by atoms with Gasteiger partial charge >= 0.3 is 0 Å². The van der Waals surface area contributed by atoms with Crippen molar-refractivity contribution in [1.82, 2.24) is 14.9 Å². The molecule has 0 aliphatic rings. The minimum Gasteiger partial charge on any atom is -0.327 e. The van der Waals surface area contributed by atoms with E-state index in [1.165, 1.54) is 10.4 Å².